The second kappa shape index (κ2) is 3.85. The number of aryl methyl sites for hydroxylation is 3. The molecule has 0 radical (unpaired) electrons. The van der Waals surface area contributed by atoms with Crippen LogP contribution in [0.25, 0.3) is 0 Å². The number of pyridine rings is 1. The van der Waals surface area contributed by atoms with Gasteiger partial charge in [-0.3, -0.25) is 4.98 Å². The molecule has 0 spiro atoms. The lowest BCUT2D eigenvalue weighted by atomic mass is 10.0. The molecule has 13 heavy (non-hydrogen) atoms. The third kappa shape index (κ3) is 2.05. The van der Waals surface area contributed by atoms with Gasteiger partial charge in [-0.1, -0.05) is 0 Å². The Balaban J connectivity index is 3.20. The van der Waals surface area contributed by atoms with Crippen LogP contribution in [0.5, 0.6) is 0 Å². The van der Waals surface area contributed by atoms with Crippen LogP contribution in [0.15, 0.2) is 6.07 Å². The van der Waals surface area contributed by atoms with Crippen LogP contribution in [0.2, 0.25) is 0 Å². The number of hydrogen-bond acceptors (Lipinski definition) is 3. The highest BCUT2D eigenvalue weighted by atomic mass is 16.5. The predicted octanol–water partition coefficient (Wildman–Crippen LogP) is 2.05. The molecule has 1 rings (SSSR count). The maximum Gasteiger partial charge on any atom is 0.0561 e. The quantitative estimate of drug-likeness (QED) is 0.685. The molecule has 1 aromatic heterocycles. The van der Waals surface area contributed by atoms with Gasteiger partial charge in [0.2, 0.25) is 0 Å². The zero-order valence-electron chi connectivity index (χ0n) is 8.55. The Morgan fingerprint density at radius 1 is 1.38 bits per heavy atom. The van der Waals surface area contributed by atoms with E-state index in [2.05, 4.69) is 10.5 Å². The molecule has 1 atom stereocenters. The molecular weight excluding hydrogens is 164 g/mol. The summed E-state index contributed by atoms with van der Waals surface area (Å²) in [7, 11) is 0. The van der Waals surface area contributed by atoms with Crippen LogP contribution in [0.1, 0.15) is 35.5 Å². The third-order valence-corrected chi connectivity index (χ3v) is 2.21. The lowest BCUT2D eigenvalue weighted by Crippen LogP contribution is -2.16. The first kappa shape index (κ1) is 10.2. The van der Waals surface area contributed by atoms with Gasteiger partial charge in [0.15, 0.2) is 0 Å². The van der Waals surface area contributed by atoms with Gasteiger partial charge in [0.05, 0.1) is 6.04 Å². The summed E-state index contributed by atoms with van der Waals surface area (Å²) in [6, 6.07) is 1.96. The van der Waals surface area contributed by atoms with E-state index in [-0.39, 0.29) is 6.04 Å². The molecule has 0 bridgehead atoms. The molecule has 0 aromatic carbocycles. The van der Waals surface area contributed by atoms with Crippen molar-refractivity contribution in [2.24, 2.45) is 0 Å². The third-order valence-electron chi connectivity index (χ3n) is 2.21. The van der Waals surface area contributed by atoms with E-state index in [1.807, 2.05) is 33.8 Å². The maximum absolute atomic E-state index is 8.83. The molecule has 0 aliphatic heterocycles. The number of aromatic nitrogens is 1. The van der Waals surface area contributed by atoms with Crippen LogP contribution in [0, 0.1) is 20.8 Å². The molecule has 0 fully saturated rings. The zero-order chi connectivity index (χ0) is 10.0. The van der Waals surface area contributed by atoms with Crippen molar-refractivity contribution in [3.63, 3.8) is 0 Å². The molecule has 2 N–H and O–H groups in total. The highest BCUT2D eigenvalue weighted by Crippen LogP contribution is 2.20. The van der Waals surface area contributed by atoms with Crippen LogP contribution in [0.4, 0.5) is 0 Å². The predicted molar refractivity (Wildman–Crippen MR) is 51.8 cm³/mol. The van der Waals surface area contributed by atoms with E-state index >= 15 is 0 Å². The number of nitrogens with one attached hydrogen (secondary N) is 1. The number of hydroxylamine groups is 1. The lowest BCUT2D eigenvalue weighted by molar-refractivity contribution is 0.132. The molecule has 0 amide bonds. The van der Waals surface area contributed by atoms with Gasteiger partial charge in [-0.2, -0.15) is 5.48 Å². The topological polar surface area (TPSA) is 45.1 Å². The van der Waals surface area contributed by atoms with Gasteiger partial charge in [-0.05, 0) is 44.9 Å². The Morgan fingerprint density at radius 3 is 2.46 bits per heavy atom. The molecular formula is C10H16N2O. The fraction of sp³-hybridized carbons (Fsp3) is 0.500. The van der Waals surface area contributed by atoms with Crippen molar-refractivity contribution < 1.29 is 5.21 Å². The van der Waals surface area contributed by atoms with Gasteiger partial charge in [0, 0.05) is 11.4 Å². The minimum atomic E-state index is -0.0619. The van der Waals surface area contributed by atoms with Gasteiger partial charge in [0.25, 0.3) is 0 Å². The molecule has 1 heterocycles. The van der Waals surface area contributed by atoms with Crippen molar-refractivity contribution in [3.05, 3.63) is 28.6 Å². The van der Waals surface area contributed by atoms with E-state index in [4.69, 9.17) is 5.21 Å². The first-order valence-corrected chi connectivity index (χ1v) is 4.40. The van der Waals surface area contributed by atoms with E-state index in [9.17, 15) is 0 Å². The van der Waals surface area contributed by atoms with E-state index in [0.29, 0.717) is 0 Å². The van der Waals surface area contributed by atoms with Crippen LogP contribution in [0.3, 0.4) is 0 Å². The molecule has 3 nitrogen and oxygen atoms in total. The molecule has 1 aromatic rings. The second-order valence-electron chi connectivity index (χ2n) is 3.43. The Kier molecular flexibility index (Phi) is 3.01. The largest absolute Gasteiger partial charge is 0.316 e. The molecule has 0 aliphatic rings. The maximum atomic E-state index is 8.83. The van der Waals surface area contributed by atoms with Crippen molar-refractivity contribution in [3.8, 4) is 0 Å². The van der Waals surface area contributed by atoms with Crippen LogP contribution in [-0.2, 0) is 0 Å². The Hall–Kier alpha value is -0.930. The number of rotatable bonds is 2. The van der Waals surface area contributed by atoms with Crippen molar-refractivity contribution in [1.82, 2.24) is 10.5 Å². The summed E-state index contributed by atoms with van der Waals surface area (Å²) >= 11 is 0. The van der Waals surface area contributed by atoms with E-state index < -0.39 is 0 Å². The summed E-state index contributed by atoms with van der Waals surface area (Å²) < 4.78 is 0. The van der Waals surface area contributed by atoms with E-state index in [1.54, 1.807) is 0 Å². The summed E-state index contributed by atoms with van der Waals surface area (Å²) in [5.74, 6) is 0. The molecule has 3 heteroatoms. The monoisotopic (exact) mass is 180 g/mol. The average molecular weight is 180 g/mol. The Morgan fingerprint density at radius 2 is 2.00 bits per heavy atom. The summed E-state index contributed by atoms with van der Waals surface area (Å²) in [6.45, 7) is 7.88. The molecule has 1 unspecified atom stereocenters. The minimum absolute atomic E-state index is 0.0619. The molecule has 0 aliphatic carbocycles. The first-order valence-electron chi connectivity index (χ1n) is 4.40. The highest BCUT2D eigenvalue weighted by molar-refractivity contribution is 5.33. The van der Waals surface area contributed by atoms with Gasteiger partial charge >= 0.3 is 0 Å². The fourth-order valence-electron chi connectivity index (χ4n) is 1.75. The standard InChI is InChI=1S/C10H16N2O/c1-6-5-7(2)11-8(3)10(6)9(4)12-13/h5,9,12-13H,1-4H3. The smallest absolute Gasteiger partial charge is 0.0561 e. The van der Waals surface area contributed by atoms with E-state index in [1.165, 1.54) is 5.56 Å². The Labute approximate surface area is 78.8 Å². The first-order chi connectivity index (χ1) is 6.06. The summed E-state index contributed by atoms with van der Waals surface area (Å²) in [4.78, 5) is 4.35. The lowest BCUT2D eigenvalue weighted by Gasteiger charge is -2.15. The Bertz CT molecular complexity index is 287. The highest BCUT2D eigenvalue weighted by Gasteiger charge is 2.11. The zero-order valence-corrected chi connectivity index (χ0v) is 8.55. The van der Waals surface area contributed by atoms with Gasteiger partial charge in [0.1, 0.15) is 0 Å². The summed E-state index contributed by atoms with van der Waals surface area (Å²) in [6.07, 6.45) is 0. The number of nitrogens with zero attached hydrogens (tertiary/aromatic N) is 1. The second-order valence-corrected chi connectivity index (χ2v) is 3.43. The normalized spacial score (nSPS) is 13.0. The van der Waals surface area contributed by atoms with Crippen molar-refractivity contribution in [2.75, 3.05) is 0 Å². The minimum Gasteiger partial charge on any atom is -0.316 e. The van der Waals surface area contributed by atoms with Gasteiger partial charge in [-0.15, -0.1) is 0 Å². The van der Waals surface area contributed by atoms with Gasteiger partial charge in [-0.25, -0.2) is 0 Å². The van der Waals surface area contributed by atoms with Gasteiger partial charge < -0.3 is 5.21 Å². The van der Waals surface area contributed by atoms with Crippen LogP contribution < -0.4 is 5.48 Å². The summed E-state index contributed by atoms with van der Waals surface area (Å²) in [5.41, 5.74) is 6.48. The average Bonchev–Trinajstić information content (AvgIpc) is 2.02. The van der Waals surface area contributed by atoms with E-state index in [0.717, 1.165) is 17.0 Å². The van der Waals surface area contributed by atoms with Crippen molar-refractivity contribution in [1.29, 1.82) is 0 Å². The molecule has 72 valence electrons. The van der Waals surface area contributed by atoms with Crippen LogP contribution >= 0.6 is 0 Å². The van der Waals surface area contributed by atoms with Crippen molar-refractivity contribution in [2.45, 2.75) is 33.7 Å². The van der Waals surface area contributed by atoms with Crippen molar-refractivity contribution >= 4 is 0 Å². The summed E-state index contributed by atoms with van der Waals surface area (Å²) in [5, 5.41) is 8.83. The number of hydrogen-bond donors (Lipinski definition) is 2. The SMILES string of the molecule is Cc1cc(C)c(C(C)NO)c(C)n1. The molecule has 0 saturated heterocycles. The van der Waals surface area contributed by atoms with Crippen LogP contribution in [-0.4, -0.2) is 10.2 Å². The molecule has 0 saturated carbocycles. The fourth-order valence-corrected chi connectivity index (χ4v) is 1.75.